The smallest absolute Gasteiger partial charge is 0.230 e. The van der Waals surface area contributed by atoms with Crippen molar-refractivity contribution in [2.24, 2.45) is 0 Å². The van der Waals surface area contributed by atoms with Crippen LogP contribution in [0.1, 0.15) is 33.6 Å². The second-order valence-electron chi connectivity index (χ2n) is 7.12. The molecule has 1 amide bonds. The van der Waals surface area contributed by atoms with Gasteiger partial charge in [0.05, 0.1) is 23.3 Å². The maximum Gasteiger partial charge on any atom is 0.230 e. The molecule has 0 unspecified atom stereocenters. The van der Waals surface area contributed by atoms with E-state index >= 15 is 0 Å². The van der Waals surface area contributed by atoms with Gasteiger partial charge in [-0.05, 0) is 45.1 Å². The molecule has 0 aliphatic carbocycles. The lowest BCUT2D eigenvalue weighted by Gasteiger charge is -2.20. The van der Waals surface area contributed by atoms with Gasteiger partial charge in [-0.1, -0.05) is 17.8 Å². The molecule has 1 atom stereocenters. The molecular weight excluding hydrogens is 356 g/mol. The van der Waals surface area contributed by atoms with Crippen LogP contribution in [-0.4, -0.2) is 44.7 Å². The minimum Gasteiger partial charge on any atom is -0.376 e. The Hall–Kier alpha value is -1.38. The van der Waals surface area contributed by atoms with E-state index in [0.717, 1.165) is 41.9 Å². The van der Waals surface area contributed by atoms with Crippen molar-refractivity contribution in [2.75, 3.05) is 12.4 Å². The fourth-order valence-electron chi connectivity index (χ4n) is 2.72. The number of aromatic nitrogens is 3. The van der Waals surface area contributed by atoms with Gasteiger partial charge in [0, 0.05) is 12.1 Å². The van der Waals surface area contributed by atoms with Gasteiger partial charge in [-0.3, -0.25) is 9.36 Å². The first kappa shape index (κ1) is 18.4. The van der Waals surface area contributed by atoms with Crippen LogP contribution in [0.15, 0.2) is 22.7 Å². The predicted octanol–water partition coefficient (Wildman–Crippen LogP) is 3.19. The quantitative estimate of drug-likeness (QED) is 0.780. The van der Waals surface area contributed by atoms with E-state index in [0.29, 0.717) is 5.75 Å². The Morgan fingerprint density at radius 2 is 2.32 bits per heavy atom. The zero-order valence-electron chi connectivity index (χ0n) is 14.8. The lowest BCUT2D eigenvalue weighted by Crippen LogP contribution is -2.41. The first-order valence-corrected chi connectivity index (χ1v) is 10.3. The molecule has 1 saturated heterocycles. The summed E-state index contributed by atoms with van der Waals surface area (Å²) in [6.45, 7) is 7.47. The van der Waals surface area contributed by atoms with Gasteiger partial charge in [0.15, 0.2) is 11.0 Å². The van der Waals surface area contributed by atoms with Gasteiger partial charge in [0.25, 0.3) is 0 Å². The fraction of sp³-hybridized carbons (Fsp3) is 0.588. The van der Waals surface area contributed by atoms with Crippen molar-refractivity contribution in [3.8, 4) is 10.7 Å². The molecule has 0 radical (unpaired) electrons. The molecule has 8 heteroatoms. The van der Waals surface area contributed by atoms with Gasteiger partial charge < -0.3 is 10.1 Å². The number of thiophene rings is 1. The van der Waals surface area contributed by atoms with E-state index in [1.807, 2.05) is 38.3 Å². The highest BCUT2D eigenvalue weighted by Gasteiger charge is 2.23. The van der Waals surface area contributed by atoms with Crippen molar-refractivity contribution in [1.82, 2.24) is 20.1 Å². The van der Waals surface area contributed by atoms with Crippen LogP contribution in [-0.2, 0) is 16.1 Å². The molecule has 2 aromatic heterocycles. The molecule has 0 bridgehead atoms. The van der Waals surface area contributed by atoms with Gasteiger partial charge in [-0.15, -0.1) is 21.5 Å². The standard InChI is InChI=1S/C17H24N4O2S2/c1-17(2,3)18-14(22)11-25-16-20-19-15(13-7-5-9-24-13)21(16)10-12-6-4-8-23-12/h5,7,9,12H,4,6,8,10-11H2,1-3H3,(H,18,22)/t12-/m0/s1. The highest BCUT2D eigenvalue weighted by molar-refractivity contribution is 7.99. The minimum atomic E-state index is -0.231. The fourth-order valence-corrected chi connectivity index (χ4v) is 4.19. The van der Waals surface area contributed by atoms with Crippen molar-refractivity contribution in [3.63, 3.8) is 0 Å². The lowest BCUT2D eigenvalue weighted by atomic mass is 10.1. The molecule has 3 rings (SSSR count). The molecule has 0 aromatic carbocycles. The van der Waals surface area contributed by atoms with Crippen LogP contribution >= 0.6 is 23.1 Å². The molecular formula is C17H24N4O2S2. The molecule has 1 aliphatic rings. The molecule has 6 nitrogen and oxygen atoms in total. The van der Waals surface area contributed by atoms with Crippen LogP contribution in [0.2, 0.25) is 0 Å². The highest BCUT2D eigenvalue weighted by Crippen LogP contribution is 2.29. The maximum atomic E-state index is 12.1. The summed E-state index contributed by atoms with van der Waals surface area (Å²) in [5.74, 6) is 1.18. The van der Waals surface area contributed by atoms with Crippen LogP contribution in [0.3, 0.4) is 0 Å². The third-order valence-corrected chi connectivity index (χ3v) is 5.55. The molecule has 2 aromatic rings. The van der Waals surface area contributed by atoms with E-state index < -0.39 is 0 Å². The number of nitrogens with zero attached hydrogens (tertiary/aromatic N) is 3. The van der Waals surface area contributed by atoms with Crippen LogP contribution in [0.4, 0.5) is 0 Å². The Morgan fingerprint density at radius 3 is 2.96 bits per heavy atom. The molecule has 25 heavy (non-hydrogen) atoms. The Bertz CT molecular complexity index is 701. The summed E-state index contributed by atoms with van der Waals surface area (Å²) in [7, 11) is 0. The number of ether oxygens (including phenoxy) is 1. The SMILES string of the molecule is CC(C)(C)NC(=O)CSc1nnc(-c2cccs2)n1C[C@@H]1CCCO1. The summed E-state index contributed by atoms with van der Waals surface area (Å²) in [4.78, 5) is 13.2. The van der Waals surface area contributed by atoms with Gasteiger partial charge in [0.1, 0.15) is 0 Å². The Labute approximate surface area is 156 Å². The number of amides is 1. The highest BCUT2D eigenvalue weighted by atomic mass is 32.2. The minimum absolute atomic E-state index is 0.00170. The van der Waals surface area contributed by atoms with Gasteiger partial charge in [-0.2, -0.15) is 0 Å². The number of carbonyl (C=O) groups is 1. The van der Waals surface area contributed by atoms with Gasteiger partial charge in [0.2, 0.25) is 5.91 Å². The molecule has 3 heterocycles. The van der Waals surface area contributed by atoms with Gasteiger partial charge >= 0.3 is 0 Å². The predicted molar refractivity (Wildman–Crippen MR) is 101 cm³/mol. The van der Waals surface area contributed by atoms with E-state index in [4.69, 9.17) is 4.74 Å². The average Bonchev–Trinajstić information content (AvgIpc) is 3.26. The third kappa shape index (κ3) is 5.05. The van der Waals surface area contributed by atoms with E-state index in [1.165, 1.54) is 11.8 Å². The first-order valence-electron chi connectivity index (χ1n) is 8.45. The third-order valence-electron chi connectivity index (χ3n) is 3.72. The number of hydrogen-bond acceptors (Lipinski definition) is 6. The number of thioether (sulfide) groups is 1. The van der Waals surface area contributed by atoms with Crippen molar-refractivity contribution in [1.29, 1.82) is 0 Å². The Morgan fingerprint density at radius 1 is 1.48 bits per heavy atom. The largest absolute Gasteiger partial charge is 0.376 e. The first-order chi connectivity index (χ1) is 11.9. The summed E-state index contributed by atoms with van der Waals surface area (Å²) in [6, 6.07) is 4.05. The summed E-state index contributed by atoms with van der Waals surface area (Å²) in [5, 5.41) is 14.5. The monoisotopic (exact) mass is 380 g/mol. The van der Waals surface area contributed by atoms with E-state index in [1.54, 1.807) is 11.3 Å². The number of rotatable bonds is 6. The lowest BCUT2D eigenvalue weighted by molar-refractivity contribution is -0.119. The maximum absolute atomic E-state index is 12.1. The van der Waals surface area contributed by atoms with E-state index in [-0.39, 0.29) is 17.6 Å². The zero-order valence-corrected chi connectivity index (χ0v) is 16.5. The molecule has 1 aliphatic heterocycles. The number of nitrogens with one attached hydrogen (secondary N) is 1. The van der Waals surface area contributed by atoms with E-state index in [2.05, 4.69) is 20.1 Å². The van der Waals surface area contributed by atoms with Crippen molar-refractivity contribution < 1.29 is 9.53 Å². The number of hydrogen-bond donors (Lipinski definition) is 1. The summed E-state index contributed by atoms with van der Waals surface area (Å²) in [5.41, 5.74) is -0.231. The van der Waals surface area contributed by atoms with E-state index in [9.17, 15) is 4.79 Å². The molecule has 136 valence electrons. The zero-order chi connectivity index (χ0) is 17.9. The summed E-state index contributed by atoms with van der Waals surface area (Å²) < 4.78 is 7.88. The summed E-state index contributed by atoms with van der Waals surface area (Å²) >= 11 is 3.06. The van der Waals surface area contributed by atoms with Crippen molar-refractivity contribution in [2.45, 2.75) is 57.0 Å². The van der Waals surface area contributed by atoms with Crippen molar-refractivity contribution in [3.05, 3.63) is 17.5 Å². The average molecular weight is 381 g/mol. The molecule has 0 spiro atoms. The Balaban J connectivity index is 1.75. The molecule has 0 saturated carbocycles. The topological polar surface area (TPSA) is 69.0 Å². The second-order valence-corrected chi connectivity index (χ2v) is 9.01. The normalized spacial score (nSPS) is 17.8. The molecule has 1 N–H and O–H groups in total. The Kier molecular flexibility index (Phi) is 5.81. The molecule has 1 fully saturated rings. The van der Waals surface area contributed by atoms with Crippen LogP contribution in [0.25, 0.3) is 10.7 Å². The number of carbonyl (C=O) groups excluding carboxylic acids is 1. The van der Waals surface area contributed by atoms with Crippen LogP contribution < -0.4 is 5.32 Å². The summed E-state index contributed by atoms with van der Waals surface area (Å²) in [6.07, 6.45) is 2.34. The van der Waals surface area contributed by atoms with Crippen LogP contribution in [0.5, 0.6) is 0 Å². The van der Waals surface area contributed by atoms with Crippen LogP contribution in [0, 0.1) is 0 Å². The van der Waals surface area contributed by atoms with Crippen molar-refractivity contribution >= 4 is 29.0 Å². The van der Waals surface area contributed by atoms with Gasteiger partial charge in [-0.25, -0.2) is 0 Å². The second kappa shape index (κ2) is 7.88.